The van der Waals surface area contributed by atoms with Gasteiger partial charge < -0.3 is 22.1 Å². The van der Waals surface area contributed by atoms with Crippen LogP contribution in [0, 0.1) is 24.2 Å². The van der Waals surface area contributed by atoms with Gasteiger partial charge in [0.15, 0.2) is 0 Å². The average molecular weight is 520 g/mol. The van der Waals surface area contributed by atoms with Gasteiger partial charge in [-0.15, -0.1) is 0 Å². The molecule has 2 aromatic heterocycles. The van der Waals surface area contributed by atoms with Crippen molar-refractivity contribution in [3.05, 3.63) is 64.1 Å². The molecule has 36 heavy (non-hydrogen) atoms. The second-order valence-electron chi connectivity index (χ2n) is 9.26. The van der Waals surface area contributed by atoms with Crippen LogP contribution >= 0.6 is 23.4 Å². The van der Waals surface area contributed by atoms with Gasteiger partial charge in [-0.2, -0.15) is 0 Å². The molecule has 0 bridgehead atoms. The number of carbonyl (C=O) groups excluding carboxylic acids is 1. The van der Waals surface area contributed by atoms with Crippen LogP contribution in [0.2, 0.25) is 5.02 Å². The number of anilines is 2. The maximum atomic E-state index is 11.0. The zero-order valence-electron chi connectivity index (χ0n) is 19.8. The molecule has 1 aliphatic heterocycles. The zero-order chi connectivity index (χ0) is 25.4. The van der Waals surface area contributed by atoms with Gasteiger partial charge in [-0.25, -0.2) is 15.0 Å². The molecule has 3 aromatic rings. The van der Waals surface area contributed by atoms with Crippen LogP contribution in [0.1, 0.15) is 41.3 Å². The van der Waals surface area contributed by atoms with Crippen LogP contribution < -0.4 is 22.1 Å². The minimum absolute atomic E-state index is 0.00482. The van der Waals surface area contributed by atoms with E-state index in [9.17, 15) is 4.79 Å². The molecule has 10 heteroatoms. The van der Waals surface area contributed by atoms with Gasteiger partial charge >= 0.3 is 0 Å². The molecule has 1 spiro atoms. The van der Waals surface area contributed by atoms with Gasteiger partial charge in [0.25, 0.3) is 5.91 Å². The smallest absolute Gasteiger partial charge is 0.293 e. The number of carbonyl (C=O) groups is 1. The summed E-state index contributed by atoms with van der Waals surface area (Å²) >= 11 is 7.72. The highest BCUT2D eigenvalue weighted by molar-refractivity contribution is 7.99. The molecule has 0 saturated carbocycles. The SMILES string of the molecule is Cc1nc(N2CCC3(CC2)Cc2ccc(C#CC(N)=O)cc2[C@H]3N)cnc1Sc1ccnc(N)c1Cl. The van der Waals surface area contributed by atoms with Crippen molar-refractivity contribution in [2.45, 2.75) is 42.1 Å². The van der Waals surface area contributed by atoms with Gasteiger partial charge in [0.05, 0.1) is 16.9 Å². The second-order valence-corrected chi connectivity index (χ2v) is 10.7. The van der Waals surface area contributed by atoms with Crippen molar-refractivity contribution < 1.29 is 4.79 Å². The lowest BCUT2D eigenvalue weighted by molar-refractivity contribution is -0.112. The van der Waals surface area contributed by atoms with E-state index in [1.54, 1.807) is 6.20 Å². The third kappa shape index (κ3) is 4.60. The predicted molar refractivity (Wildman–Crippen MR) is 142 cm³/mol. The molecule has 1 atom stereocenters. The number of piperidine rings is 1. The molecule has 184 valence electrons. The van der Waals surface area contributed by atoms with Gasteiger partial charge in [0.2, 0.25) is 0 Å². The Labute approximate surface area is 219 Å². The Bertz CT molecular complexity index is 1410. The van der Waals surface area contributed by atoms with E-state index in [0.29, 0.717) is 10.8 Å². The number of primary amides is 1. The van der Waals surface area contributed by atoms with Crippen LogP contribution in [0.3, 0.4) is 0 Å². The van der Waals surface area contributed by atoms with E-state index in [2.05, 4.69) is 32.8 Å². The van der Waals surface area contributed by atoms with E-state index in [0.717, 1.165) is 64.9 Å². The molecule has 1 aliphatic carbocycles. The molecule has 0 unspecified atom stereocenters. The van der Waals surface area contributed by atoms with Crippen LogP contribution in [0.5, 0.6) is 0 Å². The largest absolute Gasteiger partial charge is 0.382 e. The Morgan fingerprint density at radius 3 is 2.75 bits per heavy atom. The number of aromatic nitrogens is 3. The fourth-order valence-electron chi connectivity index (χ4n) is 5.08. The third-order valence-electron chi connectivity index (χ3n) is 7.07. The summed E-state index contributed by atoms with van der Waals surface area (Å²) in [6, 6.07) is 7.76. The number of nitrogens with zero attached hydrogens (tertiary/aromatic N) is 4. The summed E-state index contributed by atoms with van der Waals surface area (Å²) in [5.74, 6) is 5.75. The number of rotatable bonds is 3. The fourth-order valence-corrected chi connectivity index (χ4v) is 6.14. The molecule has 1 fully saturated rings. The Balaban J connectivity index is 1.28. The summed E-state index contributed by atoms with van der Waals surface area (Å²) in [5, 5.41) is 1.21. The number of aryl methyl sites for hydroxylation is 1. The quantitative estimate of drug-likeness (QED) is 0.448. The number of hydrogen-bond acceptors (Lipinski definition) is 8. The van der Waals surface area contributed by atoms with Crippen molar-refractivity contribution in [3.8, 4) is 11.8 Å². The van der Waals surface area contributed by atoms with E-state index in [1.807, 2.05) is 31.3 Å². The van der Waals surface area contributed by atoms with E-state index >= 15 is 0 Å². The van der Waals surface area contributed by atoms with Gasteiger partial charge in [0.1, 0.15) is 16.7 Å². The topological polar surface area (TPSA) is 137 Å². The summed E-state index contributed by atoms with van der Waals surface area (Å²) in [4.78, 5) is 27.6. The van der Waals surface area contributed by atoms with E-state index in [-0.39, 0.29) is 11.5 Å². The molecule has 1 amide bonds. The Morgan fingerprint density at radius 1 is 1.25 bits per heavy atom. The first-order chi connectivity index (χ1) is 17.3. The third-order valence-corrected chi connectivity index (χ3v) is 8.74. The van der Waals surface area contributed by atoms with Crippen LogP contribution in [0.4, 0.5) is 11.6 Å². The lowest BCUT2D eigenvalue weighted by Crippen LogP contribution is -2.44. The minimum atomic E-state index is -0.639. The number of hydrogen-bond donors (Lipinski definition) is 3. The maximum absolute atomic E-state index is 11.0. The molecule has 0 radical (unpaired) electrons. The molecule has 8 nitrogen and oxygen atoms in total. The zero-order valence-corrected chi connectivity index (χ0v) is 21.4. The van der Waals surface area contributed by atoms with Gasteiger partial charge in [-0.3, -0.25) is 4.79 Å². The molecular formula is C26H26ClN7OS. The Hall–Kier alpha value is -3.32. The molecular weight excluding hydrogens is 494 g/mol. The fraction of sp³-hybridized carbons (Fsp3) is 0.308. The normalized spacial score (nSPS) is 18.0. The monoisotopic (exact) mass is 519 g/mol. The summed E-state index contributed by atoms with van der Waals surface area (Å²) in [6.07, 6.45) is 6.30. The number of benzene rings is 1. The Morgan fingerprint density at radius 2 is 2.03 bits per heavy atom. The first-order valence-corrected chi connectivity index (χ1v) is 12.8. The highest BCUT2D eigenvalue weighted by atomic mass is 35.5. The first-order valence-electron chi connectivity index (χ1n) is 11.6. The van der Waals surface area contributed by atoms with E-state index in [4.69, 9.17) is 33.8 Å². The summed E-state index contributed by atoms with van der Waals surface area (Å²) < 4.78 is 0. The van der Waals surface area contributed by atoms with E-state index < -0.39 is 5.91 Å². The van der Waals surface area contributed by atoms with Crippen molar-refractivity contribution in [2.75, 3.05) is 23.7 Å². The average Bonchev–Trinajstić information content (AvgIpc) is 3.13. The first kappa shape index (κ1) is 24.4. The van der Waals surface area contributed by atoms with Crippen molar-refractivity contribution in [3.63, 3.8) is 0 Å². The van der Waals surface area contributed by atoms with Crippen LogP contribution in [0.25, 0.3) is 0 Å². The van der Waals surface area contributed by atoms with Crippen LogP contribution in [-0.4, -0.2) is 33.9 Å². The Kier molecular flexibility index (Phi) is 6.51. The molecule has 1 aromatic carbocycles. The lowest BCUT2D eigenvalue weighted by atomic mass is 9.73. The maximum Gasteiger partial charge on any atom is 0.293 e. The highest BCUT2D eigenvalue weighted by Crippen LogP contribution is 2.51. The predicted octanol–water partition coefficient (Wildman–Crippen LogP) is 3.25. The van der Waals surface area contributed by atoms with Crippen molar-refractivity contribution in [1.82, 2.24) is 15.0 Å². The van der Waals surface area contributed by atoms with Gasteiger partial charge in [-0.1, -0.05) is 35.3 Å². The summed E-state index contributed by atoms with van der Waals surface area (Å²) in [5.41, 5.74) is 21.7. The number of nitrogens with two attached hydrogens (primary N) is 3. The number of halogens is 1. The number of nitrogen functional groups attached to an aromatic ring is 1. The standard InChI is InChI=1S/C26H26ClN7OS/c1-15-25(36-19-6-9-31-24(30)22(19)27)32-14-21(33-15)34-10-7-26(8-11-34)13-17-4-2-16(3-5-20(28)35)12-18(17)23(26)29/h2,4,6,9,12,14,23H,7-8,10-11,13,29H2,1H3,(H2,28,35)(H2,30,31)/t23-/m1/s1. The van der Waals surface area contributed by atoms with Crippen molar-refractivity contribution in [2.24, 2.45) is 16.9 Å². The lowest BCUT2D eigenvalue weighted by Gasteiger charge is -2.42. The summed E-state index contributed by atoms with van der Waals surface area (Å²) in [6.45, 7) is 3.65. The van der Waals surface area contributed by atoms with Crippen molar-refractivity contribution >= 4 is 40.9 Å². The second kappa shape index (κ2) is 9.62. The molecule has 2 aliphatic rings. The number of pyridine rings is 1. The molecule has 6 N–H and O–H groups in total. The molecule has 1 saturated heterocycles. The molecule has 3 heterocycles. The van der Waals surface area contributed by atoms with Crippen LogP contribution in [-0.2, 0) is 11.2 Å². The van der Waals surface area contributed by atoms with Gasteiger partial charge in [0, 0.05) is 35.8 Å². The number of amides is 1. The number of fused-ring (bicyclic) bond motifs is 1. The van der Waals surface area contributed by atoms with Gasteiger partial charge in [-0.05, 0) is 66.8 Å². The van der Waals surface area contributed by atoms with E-state index in [1.165, 1.54) is 17.3 Å². The molecule has 5 rings (SSSR count). The van der Waals surface area contributed by atoms with Crippen molar-refractivity contribution in [1.29, 1.82) is 0 Å². The summed E-state index contributed by atoms with van der Waals surface area (Å²) in [7, 11) is 0. The van der Waals surface area contributed by atoms with Crippen LogP contribution in [0.15, 0.2) is 46.6 Å². The minimum Gasteiger partial charge on any atom is -0.382 e. The highest BCUT2D eigenvalue weighted by Gasteiger charge is 2.46.